The van der Waals surface area contributed by atoms with E-state index in [1.165, 1.54) is 22.8 Å². The highest BCUT2D eigenvalue weighted by Crippen LogP contribution is 2.41. The SMILES string of the molecule is CCC(F)(F)C(O)(COc1cc(F)cc(-c2ccn3nc(N)nc3c2)c1F)c1ccc(F)cc1. The van der Waals surface area contributed by atoms with Crippen molar-refractivity contribution in [1.29, 1.82) is 0 Å². The van der Waals surface area contributed by atoms with Crippen molar-refractivity contribution in [2.75, 3.05) is 12.3 Å². The van der Waals surface area contributed by atoms with Crippen molar-refractivity contribution < 1.29 is 31.8 Å². The third-order valence-electron chi connectivity index (χ3n) is 5.48. The summed E-state index contributed by atoms with van der Waals surface area (Å²) in [4.78, 5) is 3.96. The predicted molar refractivity (Wildman–Crippen MR) is 114 cm³/mol. The molecule has 0 saturated heterocycles. The van der Waals surface area contributed by atoms with Gasteiger partial charge >= 0.3 is 0 Å². The quantitative estimate of drug-likeness (QED) is 0.376. The average Bonchev–Trinajstić information content (AvgIpc) is 3.18. The van der Waals surface area contributed by atoms with Gasteiger partial charge in [-0.15, -0.1) is 5.10 Å². The molecule has 0 aliphatic heterocycles. The zero-order chi connectivity index (χ0) is 24.7. The van der Waals surface area contributed by atoms with Crippen LogP contribution >= 0.6 is 0 Å². The largest absolute Gasteiger partial charge is 0.487 e. The monoisotopic (exact) mass is 478 g/mol. The van der Waals surface area contributed by atoms with Gasteiger partial charge in [0, 0.05) is 24.2 Å². The van der Waals surface area contributed by atoms with Gasteiger partial charge in [-0.25, -0.2) is 26.5 Å². The van der Waals surface area contributed by atoms with E-state index < -0.39 is 47.8 Å². The summed E-state index contributed by atoms with van der Waals surface area (Å²) in [7, 11) is 0. The van der Waals surface area contributed by atoms with Crippen LogP contribution in [0.4, 0.5) is 27.9 Å². The van der Waals surface area contributed by atoms with Gasteiger partial charge in [-0.3, -0.25) is 0 Å². The number of hydrogen-bond donors (Lipinski definition) is 2. The molecule has 2 aromatic carbocycles. The Morgan fingerprint density at radius 1 is 1.03 bits per heavy atom. The van der Waals surface area contributed by atoms with Crippen LogP contribution in [0, 0.1) is 17.5 Å². The number of fused-ring (bicyclic) bond motifs is 1. The van der Waals surface area contributed by atoms with E-state index >= 15 is 4.39 Å². The second-order valence-corrected chi connectivity index (χ2v) is 7.67. The van der Waals surface area contributed by atoms with Crippen molar-refractivity contribution in [3.8, 4) is 16.9 Å². The molecule has 0 fully saturated rings. The summed E-state index contributed by atoms with van der Waals surface area (Å²) in [5, 5.41) is 14.8. The fraction of sp³-hybridized carbons (Fsp3) is 0.217. The van der Waals surface area contributed by atoms with Crippen LogP contribution in [0.3, 0.4) is 0 Å². The third kappa shape index (κ3) is 4.14. The van der Waals surface area contributed by atoms with Gasteiger partial charge in [-0.1, -0.05) is 19.1 Å². The molecule has 0 bridgehead atoms. The second kappa shape index (κ2) is 8.56. The molecule has 178 valence electrons. The minimum atomic E-state index is -3.73. The molecule has 0 amide bonds. The van der Waals surface area contributed by atoms with E-state index in [4.69, 9.17) is 10.5 Å². The molecule has 0 aliphatic carbocycles. The van der Waals surface area contributed by atoms with Gasteiger partial charge in [-0.2, -0.15) is 4.98 Å². The Morgan fingerprint density at radius 3 is 2.41 bits per heavy atom. The van der Waals surface area contributed by atoms with E-state index in [1.54, 1.807) is 0 Å². The van der Waals surface area contributed by atoms with Crippen LogP contribution in [0.5, 0.6) is 5.75 Å². The number of nitrogens with two attached hydrogens (primary N) is 1. The molecule has 2 heterocycles. The number of nitrogen functional groups attached to an aromatic ring is 1. The number of pyridine rings is 1. The predicted octanol–water partition coefficient (Wildman–Crippen LogP) is 4.71. The molecule has 4 rings (SSSR count). The van der Waals surface area contributed by atoms with Crippen LogP contribution in [0.25, 0.3) is 16.8 Å². The van der Waals surface area contributed by atoms with Crippen LogP contribution in [0.2, 0.25) is 0 Å². The minimum absolute atomic E-state index is 0.0159. The van der Waals surface area contributed by atoms with Gasteiger partial charge in [-0.05, 0) is 41.5 Å². The Balaban J connectivity index is 1.71. The van der Waals surface area contributed by atoms with E-state index in [0.29, 0.717) is 6.07 Å². The first-order valence-corrected chi connectivity index (χ1v) is 10.1. The third-order valence-corrected chi connectivity index (χ3v) is 5.48. The van der Waals surface area contributed by atoms with Gasteiger partial charge in [0.15, 0.2) is 22.8 Å². The Morgan fingerprint density at radius 2 is 1.74 bits per heavy atom. The number of rotatable bonds is 7. The highest BCUT2D eigenvalue weighted by atomic mass is 19.3. The number of benzene rings is 2. The van der Waals surface area contributed by atoms with E-state index in [1.807, 2.05) is 0 Å². The molecule has 6 nitrogen and oxygen atoms in total. The molecule has 3 N–H and O–H groups in total. The fourth-order valence-corrected chi connectivity index (χ4v) is 3.55. The van der Waals surface area contributed by atoms with Crippen LogP contribution < -0.4 is 10.5 Å². The van der Waals surface area contributed by atoms with Crippen LogP contribution in [-0.4, -0.2) is 32.2 Å². The van der Waals surface area contributed by atoms with Crippen LogP contribution in [0.1, 0.15) is 18.9 Å². The number of halogens is 5. The highest BCUT2D eigenvalue weighted by molar-refractivity contribution is 5.69. The molecule has 0 spiro atoms. The smallest absolute Gasteiger partial charge is 0.283 e. The molecule has 2 aromatic heterocycles. The van der Waals surface area contributed by atoms with Gasteiger partial charge in [0.2, 0.25) is 5.95 Å². The number of anilines is 1. The summed E-state index contributed by atoms with van der Waals surface area (Å²) in [5.74, 6) is -7.07. The van der Waals surface area contributed by atoms with Crippen molar-refractivity contribution in [2.45, 2.75) is 24.9 Å². The standard InChI is InChI=1S/C23H19F5N4O2/c1-2-23(27,28)22(33,14-3-5-15(24)6-4-14)12-34-18-11-16(25)10-17(20(18)26)13-7-8-32-19(9-13)30-21(29)31-32/h3-11,33H,2,12H2,1H3,(H2,29,31). The fourth-order valence-electron chi connectivity index (χ4n) is 3.55. The molecule has 4 aromatic rings. The van der Waals surface area contributed by atoms with E-state index in [9.17, 15) is 22.7 Å². The van der Waals surface area contributed by atoms with Crippen molar-refractivity contribution in [1.82, 2.24) is 14.6 Å². The number of hydrogen-bond acceptors (Lipinski definition) is 5. The summed E-state index contributed by atoms with van der Waals surface area (Å²) >= 11 is 0. The lowest BCUT2D eigenvalue weighted by Crippen LogP contribution is -2.49. The number of aromatic nitrogens is 3. The van der Waals surface area contributed by atoms with Crippen molar-refractivity contribution in [3.63, 3.8) is 0 Å². The highest BCUT2D eigenvalue weighted by Gasteiger charge is 2.53. The summed E-state index contributed by atoms with van der Waals surface area (Å²) in [6.07, 6.45) is 0.649. The lowest BCUT2D eigenvalue weighted by molar-refractivity contribution is -0.203. The van der Waals surface area contributed by atoms with Gasteiger partial charge < -0.3 is 15.6 Å². The molecule has 0 aliphatic rings. The maximum absolute atomic E-state index is 15.3. The molecular weight excluding hydrogens is 459 g/mol. The Hall–Kier alpha value is -3.73. The molecule has 11 heteroatoms. The van der Waals surface area contributed by atoms with E-state index in [2.05, 4.69) is 10.1 Å². The number of nitrogens with zero attached hydrogens (tertiary/aromatic N) is 3. The van der Waals surface area contributed by atoms with Crippen molar-refractivity contribution >= 4 is 11.6 Å². The molecule has 0 radical (unpaired) electrons. The first-order chi connectivity index (χ1) is 16.0. The number of aliphatic hydroxyl groups is 1. The first kappa shape index (κ1) is 23.4. The van der Waals surface area contributed by atoms with Crippen LogP contribution in [0.15, 0.2) is 54.7 Å². The molecular formula is C23H19F5N4O2. The Kier molecular flexibility index (Phi) is 5.90. The summed E-state index contributed by atoms with van der Waals surface area (Å²) < 4.78 is 79.0. The lowest BCUT2D eigenvalue weighted by atomic mass is 9.86. The lowest BCUT2D eigenvalue weighted by Gasteiger charge is -2.35. The molecule has 0 saturated carbocycles. The normalized spacial score (nSPS) is 13.7. The summed E-state index contributed by atoms with van der Waals surface area (Å²) in [5.41, 5.74) is 2.51. The maximum atomic E-state index is 15.3. The molecule has 1 unspecified atom stereocenters. The van der Waals surface area contributed by atoms with Gasteiger partial charge in [0.05, 0.1) is 0 Å². The van der Waals surface area contributed by atoms with Crippen molar-refractivity contribution in [3.05, 3.63) is 77.7 Å². The average molecular weight is 478 g/mol. The van der Waals surface area contributed by atoms with Gasteiger partial charge in [0.1, 0.15) is 18.2 Å². The number of alkyl halides is 2. The zero-order valence-corrected chi connectivity index (χ0v) is 17.8. The van der Waals surface area contributed by atoms with E-state index in [0.717, 1.165) is 37.3 Å². The second-order valence-electron chi connectivity index (χ2n) is 7.67. The maximum Gasteiger partial charge on any atom is 0.283 e. The van der Waals surface area contributed by atoms with Crippen LogP contribution in [-0.2, 0) is 5.60 Å². The number of ether oxygens (including phenoxy) is 1. The first-order valence-electron chi connectivity index (χ1n) is 10.1. The topological polar surface area (TPSA) is 85.7 Å². The Bertz CT molecular complexity index is 1340. The molecule has 34 heavy (non-hydrogen) atoms. The summed E-state index contributed by atoms with van der Waals surface area (Å²) in [6, 6.07) is 8.20. The zero-order valence-electron chi connectivity index (χ0n) is 17.8. The van der Waals surface area contributed by atoms with Crippen molar-refractivity contribution in [2.24, 2.45) is 0 Å². The summed E-state index contributed by atoms with van der Waals surface area (Å²) in [6.45, 7) is 0.0157. The minimum Gasteiger partial charge on any atom is -0.487 e. The van der Waals surface area contributed by atoms with E-state index in [-0.39, 0.29) is 28.3 Å². The Labute approximate surface area is 190 Å². The van der Waals surface area contributed by atoms with Gasteiger partial charge in [0.25, 0.3) is 5.92 Å². The molecule has 1 atom stereocenters.